The van der Waals surface area contributed by atoms with Crippen molar-refractivity contribution in [1.82, 2.24) is 15.0 Å². The lowest BCUT2D eigenvalue weighted by atomic mass is 10.2. The molecule has 0 amide bonds. The number of nitrogens with one attached hydrogen (secondary N) is 2. The van der Waals surface area contributed by atoms with Crippen LogP contribution in [0, 0.1) is 17.0 Å². The first-order valence-corrected chi connectivity index (χ1v) is 8.59. The van der Waals surface area contributed by atoms with Gasteiger partial charge in [0, 0.05) is 17.5 Å². The molecule has 1 heterocycles. The number of nitro groups is 1. The number of benzene rings is 2. The predicted molar refractivity (Wildman–Crippen MR) is 91.8 cm³/mol. The monoisotopic (exact) mass is 359 g/mol. The molecule has 0 bridgehead atoms. The third-order valence-electron chi connectivity index (χ3n) is 3.48. The molecule has 25 heavy (non-hydrogen) atoms. The molecule has 3 aromatic rings. The first-order chi connectivity index (χ1) is 11.9. The van der Waals surface area contributed by atoms with Crippen molar-refractivity contribution in [2.45, 2.75) is 11.8 Å². The molecule has 9 nitrogen and oxygen atoms in total. The quantitative estimate of drug-likeness (QED) is 0.409. The zero-order valence-electron chi connectivity index (χ0n) is 13.0. The molecule has 0 aliphatic heterocycles. The molecule has 128 valence electrons. The Morgan fingerprint density at radius 2 is 1.96 bits per heavy atom. The lowest BCUT2D eigenvalue weighted by molar-refractivity contribution is -0.384. The van der Waals surface area contributed by atoms with E-state index in [0.717, 1.165) is 5.56 Å². The maximum absolute atomic E-state index is 12.1. The van der Waals surface area contributed by atoms with Crippen LogP contribution >= 0.6 is 0 Å². The summed E-state index contributed by atoms with van der Waals surface area (Å²) < 4.78 is 24.3. The van der Waals surface area contributed by atoms with Crippen LogP contribution in [0.15, 0.2) is 52.5 Å². The van der Waals surface area contributed by atoms with Crippen molar-refractivity contribution >= 4 is 32.8 Å². The molecule has 2 aromatic carbocycles. The number of nitro benzene ring substituents is 1. The van der Waals surface area contributed by atoms with Crippen LogP contribution in [-0.4, -0.2) is 29.8 Å². The molecule has 2 N–H and O–H groups in total. The van der Waals surface area contributed by atoms with Crippen molar-refractivity contribution < 1.29 is 13.3 Å². The highest BCUT2D eigenvalue weighted by Crippen LogP contribution is 2.21. The molecule has 0 saturated carbocycles. The first kappa shape index (κ1) is 16.6. The van der Waals surface area contributed by atoms with Gasteiger partial charge in [-0.25, -0.2) is 4.83 Å². The minimum Gasteiger partial charge on any atom is -0.276 e. The van der Waals surface area contributed by atoms with Gasteiger partial charge in [-0.15, -0.1) is 0 Å². The minimum absolute atomic E-state index is 0.0837. The second-order valence-electron chi connectivity index (χ2n) is 5.26. The van der Waals surface area contributed by atoms with E-state index in [1.807, 2.05) is 6.92 Å². The Labute approximate surface area is 142 Å². The van der Waals surface area contributed by atoms with Crippen molar-refractivity contribution in [3.05, 3.63) is 63.8 Å². The molecular formula is C15H13N5O4S. The summed E-state index contributed by atoms with van der Waals surface area (Å²) in [5, 5.41) is 21.7. The lowest BCUT2D eigenvalue weighted by Gasteiger charge is -2.03. The highest BCUT2D eigenvalue weighted by molar-refractivity contribution is 7.89. The van der Waals surface area contributed by atoms with Crippen LogP contribution in [0.4, 0.5) is 5.69 Å². The Bertz CT molecular complexity index is 1070. The summed E-state index contributed by atoms with van der Waals surface area (Å²) in [6.07, 6.45) is 1.21. The fraction of sp³-hybridized carbons (Fsp3) is 0.0667. The van der Waals surface area contributed by atoms with Crippen molar-refractivity contribution in [3.63, 3.8) is 0 Å². The predicted octanol–water partition coefficient (Wildman–Crippen LogP) is 2.09. The van der Waals surface area contributed by atoms with Crippen LogP contribution in [0.25, 0.3) is 10.9 Å². The van der Waals surface area contributed by atoms with E-state index in [0.29, 0.717) is 16.6 Å². The number of nitrogens with zero attached hydrogens (tertiary/aromatic N) is 3. The Balaban J connectivity index is 1.84. The van der Waals surface area contributed by atoms with E-state index in [1.54, 1.807) is 12.1 Å². The zero-order chi connectivity index (χ0) is 18.0. The van der Waals surface area contributed by atoms with Gasteiger partial charge in [0.25, 0.3) is 15.7 Å². The topological polar surface area (TPSA) is 130 Å². The SMILES string of the molecule is Cc1ccc(S(=O)(=O)NN=Cc2[nH]nc3ccc([N+](=O)[O-])cc23)cc1. The van der Waals surface area contributed by atoms with Crippen LogP contribution in [0.3, 0.4) is 0 Å². The van der Waals surface area contributed by atoms with Crippen molar-refractivity contribution in [1.29, 1.82) is 0 Å². The second kappa shape index (κ2) is 6.32. The molecular weight excluding hydrogens is 346 g/mol. The van der Waals surface area contributed by atoms with Gasteiger partial charge in [-0.3, -0.25) is 15.2 Å². The highest BCUT2D eigenvalue weighted by Gasteiger charge is 2.13. The van der Waals surface area contributed by atoms with Gasteiger partial charge < -0.3 is 0 Å². The largest absolute Gasteiger partial charge is 0.276 e. The zero-order valence-corrected chi connectivity index (χ0v) is 13.8. The molecule has 0 atom stereocenters. The van der Waals surface area contributed by atoms with Crippen LogP contribution in [0.1, 0.15) is 11.3 Å². The minimum atomic E-state index is -3.80. The van der Waals surface area contributed by atoms with Crippen LogP contribution < -0.4 is 4.83 Å². The molecule has 0 aliphatic carbocycles. The summed E-state index contributed by atoms with van der Waals surface area (Å²) in [5.74, 6) is 0. The summed E-state index contributed by atoms with van der Waals surface area (Å²) in [7, 11) is -3.80. The Kier molecular flexibility index (Phi) is 4.19. The smallest absolute Gasteiger partial charge is 0.276 e. The summed E-state index contributed by atoms with van der Waals surface area (Å²) in [4.78, 5) is 12.5. The molecule has 0 saturated heterocycles. The fourth-order valence-corrected chi connectivity index (χ4v) is 2.95. The van der Waals surface area contributed by atoms with Gasteiger partial charge in [0.1, 0.15) is 0 Å². The number of non-ortho nitro benzene ring substituents is 1. The number of rotatable bonds is 5. The van der Waals surface area contributed by atoms with E-state index >= 15 is 0 Å². The molecule has 0 aliphatic rings. The first-order valence-electron chi connectivity index (χ1n) is 7.11. The van der Waals surface area contributed by atoms with Gasteiger partial charge in [-0.1, -0.05) is 17.7 Å². The number of aromatic amines is 1. The molecule has 0 spiro atoms. The molecule has 3 rings (SSSR count). The molecule has 0 radical (unpaired) electrons. The maximum Gasteiger partial charge on any atom is 0.276 e. The fourth-order valence-electron chi connectivity index (χ4n) is 2.16. The average Bonchev–Trinajstić information content (AvgIpc) is 2.97. The van der Waals surface area contributed by atoms with E-state index in [9.17, 15) is 18.5 Å². The van der Waals surface area contributed by atoms with Crippen LogP contribution in [0.2, 0.25) is 0 Å². The lowest BCUT2D eigenvalue weighted by Crippen LogP contribution is -2.18. The van der Waals surface area contributed by atoms with E-state index < -0.39 is 14.9 Å². The number of sulfonamides is 1. The maximum atomic E-state index is 12.1. The summed E-state index contributed by atoms with van der Waals surface area (Å²) in [6, 6.07) is 10.5. The van der Waals surface area contributed by atoms with Crippen LogP contribution in [-0.2, 0) is 10.0 Å². The van der Waals surface area contributed by atoms with Gasteiger partial charge in [0.15, 0.2) is 0 Å². The molecule has 1 aromatic heterocycles. The Morgan fingerprint density at radius 3 is 2.64 bits per heavy atom. The number of hydrogen-bond donors (Lipinski definition) is 2. The summed E-state index contributed by atoms with van der Waals surface area (Å²) >= 11 is 0. The standard InChI is InChI=1S/C15H13N5O4S/c1-10-2-5-12(6-3-10)25(23,24)19-16-9-15-13-8-11(20(21)22)4-7-14(13)17-18-15/h2-9,19H,1H3,(H,17,18). The normalized spacial score (nSPS) is 11.9. The number of hydrogen-bond acceptors (Lipinski definition) is 6. The summed E-state index contributed by atoms with van der Waals surface area (Å²) in [6.45, 7) is 1.85. The third-order valence-corrected chi connectivity index (χ3v) is 4.71. The molecule has 0 unspecified atom stereocenters. The number of hydrazone groups is 1. The molecule has 10 heteroatoms. The third kappa shape index (κ3) is 3.48. The van der Waals surface area contributed by atoms with Gasteiger partial charge in [-0.05, 0) is 25.1 Å². The van der Waals surface area contributed by atoms with Crippen molar-refractivity contribution in [3.8, 4) is 0 Å². The average molecular weight is 359 g/mol. The van der Waals surface area contributed by atoms with E-state index in [2.05, 4.69) is 20.1 Å². The van der Waals surface area contributed by atoms with E-state index in [1.165, 1.54) is 36.5 Å². The summed E-state index contributed by atoms with van der Waals surface area (Å²) in [5.41, 5.74) is 1.70. The molecule has 0 fully saturated rings. The van der Waals surface area contributed by atoms with E-state index in [4.69, 9.17) is 0 Å². The van der Waals surface area contributed by atoms with Crippen LogP contribution in [0.5, 0.6) is 0 Å². The highest BCUT2D eigenvalue weighted by atomic mass is 32.2. The number of aromatic nitrogens is 2. The van der Waals surface area contributed by atoms with Gasteiger partial charge >= 0.3 is 0 Å². The van der Waals surface area contributed by atoms with Gasteiger partial charge in [-0.2, -0.15) is 18.6 Å². The Morgan fingerprint density at radius 1 is 1.24 bits per heavy atom. The van der Waals surface area contributed by atoms with Crippen molar-refractivity contribution in [2.75, 3.05) is 0 Å². The van der Waals surface area contributed by atoms with E-state index in [-0.39, 0.29) is 10.6 Å². The van der Waals surface area contributed by atoms with Crippen molar-refractivity contribution in [2.24, 2.45) is 5.10 Å². The van der Waals surface area contributed by atoms with Gasteiger partial charge in [0.2, 0.25) is 0 Å². The van der Waals surface area contributed by atoms with Gasteiger partial charge in [0.05, 0.1) is 27.2 Å². The number of fused-ring (bicyclic) bond motifs is 1. The Hall–Kier alpha value is -3.27. The number of aryl methyl sites for hydroxylation is 1. The second-order valence-corrected chi connectivity index (χ2v) is 6.92. The number of H-pyrrole nitrogens is 1.